The van der Waals surface area contributed by atoms with Gasteiger partial charge in [0.05, 0.1) is 18.1 Å². The van der Waals surface area contributed by atoms with E-state index in [-0.39, 0.29) is 18.1 Å². The van der Waals surface area contributed by atoms with Gasteiger partial charge in [0.15, 0.2) is 8.07 Å². The summed E-state index contributed by atoms with van der Waals surface area (Å²) in [7, 11) is -3.86. The van der Waals surface area contributed by atoms with E-state index >= 15 is 0 Å². The highest BCUT2D eigenvalue weighted by atomic mass is 28.3. The van der Waals surface area contributed by atoms with Gasteiger partial charge < -0.3 is 9.68 Å². The molecule has 0 aromatic heterocycles. The number of benzene rings is 4. The maximum absolute atomic E-state index is 9.32. The Labute approximate surface area is 180 Å². The lowest BCUT2D eigenvalue weighted by atomic mass is 10.3. The number of rotatable bonds is 6. The fourth-order valence-electron chi connectivity index (χ4n) is 3.31. The summed E-state index contributed by atoms with van der Waals surface area (Å²) in [5.41, 5.74) is 0. The Balaban J connectivity index is 2.39. The van der Waals surface area contributed by atoms with Crippen LogP contribution in [0.15, 0.2) is 115 Å². The lowest BCUT2D eigenvalue weighted by Gasteiger charge is -2.34. The number of hydrogen-bond acceptors (Lipinski definition) is 2. The van der Waals surface area contributed by atoms with Gasteiger partial charge in [-0.05, 0) is 32.8 Å². The topological polar surface area (TPSA) is 29.5 Å². The standard InChI is InChI=1S/C24H20BO2Si/c26-25-27-20-11-10-18-24(19-20)28(21-12-4-1-5-13-21,22-14-6-2-7-15-22)23-16-8-3-9-17-23/h1-19,26H/i1D,4D,5D,10D,11D,12D,13D,18D,19D. The van der Waals surface area contributed by atoms with Gasteiger partial charge >= 0.3 is 7.69 Å². The Morgan fingerprint density at radius 1 is 0.679 bits per heavy atom. The monoisotopic (exact) mass is 388 g/mol. The van der Waals surface area contributed by atoms with Crippen LogP contribution >= 0.6 is 0 Å². The van der Waals surface area contributed by atoms with Crippen molar-refractivity contribution in [3.05, 3.63) is 115 Å². The van der Waals surface area contributed by atoms with Crippen molar-refractivity contribution in [2.24, 2.45) is 0 Å². The molecule has 0 unspecified atom stereocenters. The van der Waals surface area contributed by atoms with Gasteiger partial charge in [0.25, 0.3) is 0 Å². The summed E-state index contributed by atoms with van der Waals surface area (Å²) >= 11 is 0. The molecule has 0 amide bonds. The lowest BCUT2D eigenvalue weighted by molar-refractivity contribution is 0.454. The molecular weight excluding hydrogens is 359 g/mol. The van der Waals surface area contributed by atoms with Crippen LogP contribution in [-0.2, 0) is 0 Å². The van der Waals surface area contributed by atoms with E-state index < -0.39 is 68.2 Å². The Morgan fingerprint density at radius 2 is 1.25 bits per heavy atom. The minimum absolute atomic E-state index is 0.0889. The van der Waals surface area contributed by atoms with Gasteiger partial charge in [-0.25, -0.2) is 0 Å². The Bertz CT molecular complexity index is 1420. The highest BCUT2D eigenvalue weighted by molar-refractivity contribution is 7.19. The van der Waals surface area contributed by atoms with Gasteiger partial charge in [-0.1, -0.05) is 103 Å². The van der Waals surface area contributed by atoms with Crippen LogP contribution in [0.4, 0.5) is 0 Å². The third-order valence-corrected chi connectivity index (χ3v) is 8.83. The van der Waals surface area contributed by atoms with E-state index in [1.165, 1.54) is 0 Å². The molecule has 0 bridgehead atoms. The molecule has 0 aliphatic rings. The van der Waals surface area contributed by atoms with E-state index in [4.69, 9.17) is 17.0 Å². The molecule has 1 N–H and O–H groups in total. The van der Waals surface area contributed by atoms with Gasteiger partial charge in [0.2, 0.25) is 0 Å². The smallest absolute Gasteiger partial charge is 0.537 e. The SMILES string of the molecule is [2H]c1c([2H])c([2H])c([Si](c2ccccc2)(c2ccccc2)c2c([2H])c([2H])c([2H])c(O[B]O)c2[2H])c([2H])c1[2H]. The predicted molar refractivity (Wildman–Crippen MR) is 119 cm³/mol. The molecule has 0 saturated carbocycles. The van der Waals surface area contributed by atoms with Gasteiger partial charge in [-0.3, -0.25) is 0 Å². The summed E-state index contributed by atoms with van der Waals surface area (Å²) in [6, 6.07) is 12.3. The minimum atomic E-state index is -4.13. The van der Waals surface area contributed by atoms with E-state index in [0.29, 0.717) is 10.4 Å². The van der Waals surface area contributed by atoms with Crippen molar-refractivity contribution in [1.82, 2.24) is 0 Å². The quantitative estimate of drug-likeness (QED) is 0.404. The summed E-state index contributed by atoms with van der Waals surface area (Å²) in [4.78, 5) is 0. The van der Waals surface area contributed by atoms with Crippen LogP contribution in [-0.4, -0.2) is 20.8 Å². The zero-order valence-corrected chi connectivity index (χ0v) is 15.7. The van der Waals surface area contributed by atoms with Crippen LogP contribution in [0.5, 0.6) is 5.75 Å². The van der Waals surface area contributed by atoms with Crippen molar-refractivity contribution in [3.8, 4) is 5.75 Å². The molecule has 0 atom stereocenters. The third kappa shape index (κ3) is 3.28. The fourth-order valence-corrected chi connectivity index (χ4v) is 7.48. The zero-order valence-electron chi connectivity index (χ0n) is 23.7. The molecule has 0 saturated heterocycles. The van der Waals surface area contributed by atoms with E-state index in [1.54, 1.807) is 60.7 Å². The molecule has 0 fully saturated rings. The Morgan fingerprint density at radius 3 is 1.82 bits per heavy atom. The lowest BCUT2D eigenvalue weighted by Crippen LogP contribution is -2.74. The van der Waals surface area contributed by atoms with Crippen LogP contribution < -0.4 is 25.4 Å². The average Bonchev–Trinajstić information content (AvgIpc) is 2.92. The summed E-state index contributed by atoms with van der Waals surface area (Å²) in [6.45, 7) is 0. The van der Waals surface area contributed by atoms with Crippen molar-refractivity contribution in [2.45, 2.75) is 0 Å². The maximum atomic E-state index is 9.32. The third-order valence-electron chi connectivity index (χ3n) is 4.44. The highest BCUT2D eigenvalue weighted by Gasteiger charge is 2.41. The average molecular weight is 388 g/mol. The summed E-state index contributed by atoms with van der Waals surface area (Å²) in [5, 5.41) is 10.1. The van der Waals surface area contributed by atoms with Crippen molar-refractivity contribution in [3.63, 3.8) is 0 Å². The second-order valence-electron chi connectivity index (χ2n) is 5.91. The van der Waals surface area contributed by atoms with Crippen molar-refractivity contribution < 1.29 is 22.0 Å². The summed E-state index contributed by atoms with van der Waals surface area (Å²) in [5.74, 6) is -0.477. The van der Waals surface area contributed by atoms with E-state index in [0.717, 1.165) is 0 Å². The first-order valence-corrected chi connectivity index (χ1v) is 10.5. The molecule has 0 aliphatic carbocycles. The fraction of sp³-hybridized carbons (Fsp3) is 0. The first-order chi connectivity index (χ1) is 17.6. The number of hydrogen-bond donors (Lipinski definition) is 1. The van der Waals surface area contributed by atoms with Crippen LogP contribution in [0.2, 0.25) is 0 Å². The molecule has 4 rings (SSSR count). The van der Waals surface area contributed by atoms with Crippen molar-refractivity contribution in [1.29, 1.82) is 0 Å². The first-order valence-electron chi connectivity index (χ1n) is 13.0. The molecule has 28 heavy (non-hydrogen) atoms. The molecule has 4 heteroatoms. The van der Waals surface area contributed by atoms with Gasteiger partial charge in [0, 0.05) is 0 Å². The van der Waals surface area contributed by atoms with E-state index in [1.807, 2.05) is 0 Å². The molecule has 0 heterocycles. The Hall–Kier alpha value is -3.08. The molecule has 2 nitrogen and oxygen atoms in total. The second kappa shape index (κ2) is 8.30. The van der Waals surface area contributed by atoms with Crippen LogP contribution in [0.25, 0.3) is 0 Å². The molecular formula is C24H20BO2Si. The predicted octanol–water partition coefficient (Wildman–Crippen LogP) is 1.97. The van der Waals surface area contributed by atoms with Crippen molar-refractivity contribution in [2.75, 3.05) is 0 Å². The maximum Gasteiger partial charge on any atom is 0.569 e. The molecule has 1 radical (unpaired) electrons. The van der Waals surface area contributed by atoms with E-state index in [9.17, 15) is 5.02 Å². The van der Waals surface area contributed by atoms with Gasteiger partial charge in [-0.15, -0.1) is 0 Å². The zero-order chi connectivity index (χ0) is 27.1. The molecule has 4 aromatic rings. The van der Waals surface area contributed by atoms with Crippen LogP contribution in [0.1, 0.15) is 12.3 Å². The second-order valence-corrected chi connectivity index (χ2v) is 9.56. The van der Waals surface area contributed by atoms with Gasteiger partial charge in [0.1, 0.15) is 0 Å². The molecule has 0 aliphatic heterocycles. The highest BCUT2D eigenvalue weighted by Crippen LogP contribution is 2.13. The van der Waals surface area contributed by atoms with Crippen LogP contribution in [0.3, 0.4) is 0 Å². The van der Waals surface area contributed by atoms with Gasteiger partial charge in [-0.2, -0.15) is 0 Å². The first kappa shape index (κ1) is 10.5. The molecule has 0 spiro atoms. The Kier molecular flexibility index (Phi) is 3.10. The van der Waals surface area contributed by atoms with Crippen LogP contribution in [0, 0.1) is 0 Å². The van der Waals surface area contributed by atoms with Crippen molar-refractivity contribution >= 4 is 36.5 Å². The summed E-state index contributed by atoms with van der Waals surface area (Å²) < 4.78 is 82.4. The largest absolute Gasteiger partial charge is 0.569 e. The molecule has 4 aromatic carbocycles. The minimum Gasteiger partial charge on any atom is -0.537 e. The van der Waals surface area contributed by atoms with E-state index in [2.05, 4.69) is 0 Å². The molecule has 135 valence electrons. The summed E-state index contributed by atoms with van der Waals surface area (Å²) in [6.07, 6.45) is 0. The normalized spacial score (nSPS) is 15.5.